The van der Waals surface area contributed by atoms with Crippen LogP contribution in [0.2, 0.25) is 0 Å². The molecule has 5 rings (SSSR count). The topological polar surface area (TPSA) is 85.1 Å². The number of benzene rings is 3. The Kier molecular flexibility index (Phi) is 6.89. The molecule has 8 heteroatoms. The van der Waals surface area contributed by atoms with Crippen molar-refractivity contribution in [3.63, 3.8) is 0 Å². The summed E-state index contributed by atoms with van der Waals surface area (Å²) in [6.07, 6.45) is 7.50. The number of amides is 2. The Morgan fingerprint density at radius 2 is 1.32 bits per heavy atom. The number of carbonyl (C=O) groups excluding carboxylic acids is 2. The highest BCUT2D eigenvalue weighted by Gasteiger charge is 2.15. The highest BCUT2D eigenvalue weighted by molar-refractivity contribution is 5.96. The number of nitrogens with zero attached hydrogens (tertiary/aromatic N) is 5. The number of hydrogen-bond acceptors (Lipinski definition) is 4. The first-order chi connectivity index (χ1) is 18.0. The lowest BCUT2D eigenvalue weighted by molar-refractivity contribution is -0.117. The predicted molar refractivity (Wildman–Crippen MR) is 143 cm³/mol. The molecule has 184 valence electrons. The fourth-order valence-corrected chi connectivity index (χ4v) is 3.97. The highest BCUT2D eigenvalue weighted by atomic mass is 16.2. The number of rotatable bonds is 8. The van der Waals surface area contributed by atoms with Gasteiger partial charge in [0.05, 0.1) is 36.6 Å². The molecule has 0 aliphatic carbocycles. The number of hydrogen-bond donors (Lipinski definition) is 1. The van der Waals surface area contributed by atoms with Crippen molar-refractivity contribution >= 4 is 23.2 Å². The standard InChI is InChI=1S/C29H26N6O2/c1-33(29(37)16-23-19-31-35(21-23)26-12-6-3-7-13-26)27-14-8-9-24(17-27)32-28(36)15-22-18-30-34(20-22)25-10-4-2-5-11-25/h2-14,17-21H,15-16H2,1H3,(H,32,36). The van der Waals surface area contributed by atoms with Crippen LogP contribution in [0.5, 0.6) is 0 Å². The van der Waals surface area contributed by atoms with Crippen LogP contribution in [0.3, 0.4) is 0 Å². The summed E-state index contributed by atoms with van der Waals surface area (Å²) in [7, 11) is 1.73. The van der Waals surface area contributed by atoms with Crippen molar-refractivity contribution in [1.29, 1.82) is 0 Å². The average Bonchev–Trinajstić information content (AvgIpc) is 3.59. The smallest absolute Gasteiger partial charge is 0.231 e. The zero-order chi connectivity index (χ0) is 25.6. The summed E-state index contributed by atoms with van der Waals surface area (Å²) in [5, 5.41) is 11.6. The number of likely N-dealkylation sites (N-methyl/N-ethyl adjacent to an activating group) is 1. The summed E-state index contributed by atoms with van der Waals surface area (Å²) in [6, 6.07) is 26.7. The summed E-state index contributed by atoms with van der Waals surface area (Å²) in [5.74, 6) is -0.239. The van der Waals surface area contributed by atoms with Gasteiger partial charge in [0.2, 0.25) is 11.8 Å². The van der Waals surface area contributed by atoms with E-state index in [1.54, 1.807) is 45.8 Å². The van der Waals surface area contributed by atoms with E-state index in [0.29, 0.717) is 11.4 Å². The fraction of sp³-hybridized carbons (Fsp3) is 0.103. The zero-order valence-electron chi connectivity index (χ0n) is 20.4. The molecule has 8 nitrogen and oxygen atoms in total. The predicted octanol–water partition coefficient (Wildman–Crippen LogP) is 4.44. The van der Waals surface area contributed by atoms with Crippen LogP contribution in [-0.4, -0.2) is 38.4 Å². The van der Waals surface area contributed by atoms with Crippen molar-refractivity contribution in [3.05, 3.63) is 121 Å². The van der Waals surface area contributed by atoms with Crippen molar-refractivity contribution in [2.75, 3.05) is 17.3 Å². The molecular weight excluding hydrogens is 464 g/mol. The number of anilines is 2. The van der Waals surface area contributed by atoms with Crippen LogP contribution in [0.15, 0.2) is 110 Å². The van der Waals surface area contributed by atoms with Crippen molar-refractivity contribution < 1.29 is 9.59 Å². The van der Waals surface area contributed by atoms with Gasteiger partial charge >= 0.3 is 0 Å². The number of carbonyl (C=O) groups is 2. The zero-order valence-corrected chi connectivity index (χ0v) is 20.4. The summed E-state index contributed by atoms with van der Waals surface area (Å²) in [4.78, 5) is 27.2. The Morgan fingerprint density at radius 3 is 1.92 bits per heavy atom. The minimum absolute atomic E-state index is 0.0792. The first-order valence-corrected chi connectivity index (χ1v) is 11.9. The molecule has 0 spiro atoms. The van der Waals surface area contributed by atoms with E-state index >= 15 is 0 Å². The maximum Gasteiger partial charge on any atom is 0.231 e. The lowest BCUT2D eigenvalue weighted by atomic mass is 10.2. The van der Waals surface area contributed by atoms with E-state index in [9.17, 15) is 9.59 Å². The van der Waals surface area contributed by atoms with Crippen LogP contribution in [0.25, 0.3) is 11.4 Å². The number of nitrogens with one attached hydrogen (secondary N) is 1. The molecule has 0 unspecified atom stereocenters. The molecule has 0 fully saturated rings. The van der Waals surface area contributed by atoms with Crippen molar-refractivity contribution in [2.24, 2.45) is 0 Å². The molecule has 2 heterocycles. The molecule has 0 aliphatic rings. The van der Waals surface area contributed by atoms with Crippen molar-refractivity contribution in [3.8, 4) is 11.4 Å². The Balaban J connectivity index is 1.19. The maximum atomic E-state index is 12.9. The van der Waals surface area contributed by atoms with E-state index in [0.717, 1.165) is 22.5 Å². The molecule has 0 aliphatic heterocycles. The van der Waals surface area contributed by atoms with E-state index < -0.39 is 0 Å². The van der Waals surface area contributed by atoms with Gasteiger partial charge in [0, 0.05) is 30.8 Å². The normalized spacial score (nSPS) is 10.7. The lowest BCUT2D eigenvalue weighted by Crippen LogP contribution is -2.27. The third-order valence-corrected chi connectivity index (χ3v) is 5.92. The van der Waals surface area contributed by atoms with E-state index in [-0.39, 0.29) is 24.7 Å². The first kappa shape index (κ1) is 23.7. The van der Waals surface area contributed by atoms with E-state index in [1.165, 1.54) is 0 Å². The quantitative estimate of drug-likeness (QED) is 0.348. The maximum absolute atomic E-state index is 12.9. The van der Waals surface area contributed by atoms with E-state index in [2.05, 4.69) is 15.5 Å². The lowest BCUT2D eigenvalue weighted by Gasteiger charge is -2.18. The Labute approximate surface area is 214 Å². The van der Waals surface area contributed by atoms with Crippen LogP contribution in [0, 0.1) is 0 Å². The van der Waals surface area contributed by atoms with Crippen LogP contribution < -0.4 is 10.2 Å². The Hall–Kier alpha value is -4.98. The molecule has 0 bridgehead atoms. The molecule has 2 amide bonds. The van der Waals surface area contributed by atoms with E-state index in [4.69, 9.17) is 0 Å². The highest BCUT2D eigenvalue weighted by Crippen LogP contribution is 2.20. The van der Waals surface area contributed by atoms with Gasteiger partial charge in [-0.25, -0.2) is 9.36 Å². The number of aromatic nitrogens is 4. The molecule has 3 aromatic carbocycles. The van der Waals surface area contributed by atoms with Gasteiger partial charge in [-0.15, -0.1) is 0 Å². The first-order valence-electron chi connectivity index (χ1n) is 11.9. The average molecular weight is 491 g/mol. The Morgan fingerprint density at radius 1 is 0.757 bits per heavy atom. The van der Waals surface area contributed by atoms with Gasteiger partial charge in [0.15, 0.2) is 0 Å². The van der Waals surface area contributed by atoms with Gasteiger partial charge in [0.25, 0.3) is 0 Å². The summed E-state index contributed by atoms with van der Waals surface area (Å²) >= 11 is 0. The van der Waals surface area contributed by atoms with E-state index in [1.807, 2.05) is 85.2 Å². The van der Waals surface area contributed by atoms with Crippen LogP contribution in [-0.2, 0) is 22.4 Å². The monoisotopic (exact) mass is 490 g/mol. The van der Waals surface area contributed by atoms with Crippen molar-refractivity contribution in [1.82, 2.24) is 19.6 Å². The molecule has 37 heavy (non-hydrogen) atoms. The van der Waals surface area contributed by atoms with Gasteiger partial charge in [-0.05, 0) is 53.6 Å². The molecule has 0 atom stereocenters. The van der Waals surface area contributed by atoms with Crippen LogP contribution >= 0.6 is 0 Å². The second-order valence-corrected chi connectivity index (χ2v) is 8.66. The summed E-state index contributed by atoms with van der Waals surface area (Å²) < 4.78 is 3.50. The fourth-order valence-electron chi connectivity index (χ4n) is 3.97. The summed E-state index contributed by atoms with van der Waals surface area (Å²) in [5.41, 5.74) is 4.80. The number of para-hydroxylation sites is 2. The van der Waals surface area contributed by atoms with Crippen LogP contribution in [0.1, 0.15) is 11.1 Å². The minimum Gasteiger partial charge on any atom is -0.326 e. The van der Waals surface area contributed by atoms with Crippen molar-refractivity contribution in [2.45, 2.75) is 12.8 Å². The third kappa shape index (κ3) is 5.82. The second kappa shape index (κ2) is 10.7. The largest absolute Gasteiger partial charge is 0.326 e. The molecule has 0 radical (unpaired) electrons. The van der Waals surface area contributed by atoms with Gasteiger partial charge in [-0.1, -0.05) is 42.5 Å². The SMILES string of the molecule is CN(C(=O)Cc1cnn(-c2ccccc2)c1)c1cccc(NC(=O)Cc2cnn(-c3ccccc3)c2)c1. The van der Waals surface area contributed by atoms with Gasteiger partial charge in [-0.2, -0.15) is 10.2 Å². The minimum atomic E-state index is -0.160. The Bertz CT molecular complexity index is 1510. The second-order valence-electron chi connectivity index (χ2n) is 8.66. The summed E-state index contributed by atoms with van der Waals surface area (Å²) in [6.45, 7) is 0. The van der Waals surface area contributed by atoms with Gasteiger partial charge in [0.1, 0.15) is 0 Å². The molecular formula is C29H26N6O2. The molecule has 5 aromatic rings. The van der Waals surface area contributed by atoms with Gasteiger partial charge in [-0.3, -0.25) is 9.59 Å². The van der Waals surface area contributed by atoms with Crippen LogP contribution in [0.4, 0.5) is 11.4 Å². The molecule has 2 aromatic heterocycles. The molecule has 0 saturated carbocycles. The molecule has 0 saturated heterocycles. The van der Waals surface area contributed by atoms with Gasteiger partial charge < -0.3 is 10.2 Å². The third-order valence-electron chi connectivity index (χ3n) is 5.92. The molecule has 1 N–H and O–H groups in total.